The van der Waals surface area contributed by atoms with Crippen LogP contribution in [0.1, 0.15) is 22.8 Å². The normalized spacial score (nSPS) is 10.4. The SMILES string of the molecule is CCOC(=O)c1cc(NC(=S)NCCSCc2ccc(Cl)c(Cl)c2)ccc1Cl. The molecule has 0 fully saturated rings. The first-order valence-corrected chi connectivity index (χ1v) is 11.1. The molecule has 0 aromatic heterocycles. The van der Waals surface area contributed by atoms with Crippen molar-refractivity contribution in [2.75, 3.05) is 24.2 Å². The van der Waals surface area contributed by atoms with Gasteiger partial charge in [0.25, 0.3) is 0 Å². The molecule has 0 saturated carbocycles. The van der Waals surface area contributed by atoms with Gasteiger partial charge in [0.05, 0.1) is 27.2 Å². The Morgan fingerprint density at radius 1 is 1.11 bits per heavy atom. The quantitative estimate of drug-likeness (QED) is 0.274. The predicted molar refractivity (Wildman–Crippen MR) is 124 cm³/mol. The highest BCUT2D eigenvalue weighted by molar-refractivity contribution is 7.98. The lowest BCUT2D eigenvalue weighted by molar-refractivity contribution is 0.0526. The van der Waals surface area contributed by atoms with Crippen LogP contribution < -0.4 is 10.6 Å². The van der Waals surface area contributed by atoms with Gasteiger partial charge in [0.1, 0.15) is 0 Å². The van der Waals surface area contributed by atoms with Crippen molar-refractivity contribution in [3.63, 3.8) is 0 Å². The summed E-state index contributed by atoms with van der Waals surface area (Å²) in [6.07, 6.45) is 0. The zero-order valence-corrected chi connectivity index (χ0v) is 19.0. The maximum atomic E-state index is 11.9. The number of nitrogens with one attached hydrogen (secondary N) is 2. The molecule has 0 aliphatic carbocycles. The molecule has 0 amide bonds. The molecule has 2 N–H and O–H groups in total. The molecule has 150 valence electrons. The van der Waals surface area contributed by atoms with Crippen molar-refractivity contribution in [3.8, 4) is 0 Å². The third kappa shape index (κ3) is 7.33. The maximum absolute atomic E-state index is 11.9. The number of hydrogen-bond acceptors (Lipinski definition) is 4. The first-order valence-electron chi connectivity index (χ1n) is 8.44. The van der Waals surface area contributed by atoms with Crippen LogP contribution in [0.25, 0.3) is 0 Å². The summed E-state index contributed by atoms with van der Waals surface area (Å²) in [6.45, 7) is 2.72. The van der Waals surface area contributed by atoms with Crippen LogP contribution in [0.15, 0.2) is 36.4 Å². The highest BCUT2D eigenvalue weighted by atomic mass is 35.5. The van der Waals surface area contributed by atoms with Crippen molar-refractivity contribution in [3.05, 3.63) is 62.6 Å². The zero-order valence-electron chi connectivity index (χ0n) is 15.1. The topological polar surface area (TPSA) is 50.4 Å². The van der Waals surface area contributed by atoms with E-state index in [1.165, 1.54) is 0 Å². The molecule has 28 heavy (non-hydrogen) atoms. The van der Waals surface area contributed by atoms with Gasteiger partial charge in [-0.25, -0.2) is 4.79 Å². The van der Waals surface area contributed by atoms with Crippen molar-refractivity contribution < 1.29 is 9.53 Å². The Morgan fingerprint density at radius 3 is 2.57 bits per heavy atom. The predicted octanol–water partition coefficient (Wildman–Crippen LogP) is 6.04. The number of thioether (sulfide) groups is 1. The van der Waals surface area contributed by atoms with E-state index in [1.54, 1.807) is 43.0 Å². The van der Waals surface area contributed by atoms with E-state index in [2.05, 4.69) is 10.6 Å². The van der Waals surface area contributed by atoms with E-state index in [0.717, 1.165) is 17.1 Å². The molecule has 0 bridgehead atoms. The average molecular weight is 478 g/mol. The fourth-order valence-electron chi connectivity index (χ4n) is 2.20. The lowest BCUT2D eigenvalue weighted by Gasteiger charge is -2.12. The standard InChI is InChI=1S/C19H19Cl3N2O2S2/c1-2-26-18(25)14-10-13(4-6-15(14)20)24-19(27)23-7-8-28-11-12-3-5-16(21)17(22)9-12/h3-6,9-10H,2,7-8,11H2,1H3,(H2,23,24,27). The van der Waals surface area contributed by atoms with Gasteiger partial charge in [-0.05, 0) is 55.0 Å². The Labute approximate surface area is 189 Å². The molecule has 9 heteroatoms. The van der Waals surface area contributed by atoms with Gasteiger partial charge in [0.15, 0.2) is 5.11 Å². The molecule has 0 saturated heterocycles. The highest BCUT2D eigenvalue weighted by Gasteiger charge is 2.12. The summed E-state index contributed by atoms with van der Waals surface area (Å²) >= 11 is 25.0. The van der Waals surface area contributed by atoms with Gasteiger partial charge >= 0.3 is 5.97 Å². The molecule has 2 aromatic rings. The minimum Gasteiger partial charge on any atom is -0.462 e. The van der Waals surface area contributed by atoms with Gasteiger partial charge in [-0.3, -0.25) is 0 Å². The molecule has 0 unspecified atom stereocenters. The van der Waals surface area contributed by atoms with Gasteiger partial charge < -0.3 is 15.4 Å². The molecule has 0 heterocycles. The maximum Gasteiger partial charge on any atom is 0.339 e. The number of carbonyl (C=O) groups is 1. The number of rotatable bonds is 8. The van der Waals surface area contributed by atoms with E-state index >= 15 is 0 Å². The fraction of sp³-hybridized carbons (Fsp3) is 0.263. The number of halogens is 3. The number of anilines is 1. The van der Waals surface area contributed by atoms with Crippen LogP contribution >= 0.6 is 58.8 Å². The van der Waals surface area contributed by atoms with Crippen LogP contribution in [0.3, 0.4) is 0 Å². The second kappa shape index (κ2) is 11.7. The molecule has 2 rings (SSSR count). The van der Waals surface area contributed by atoms with Crippen molar-refractivity contribution in [2.45, 2.75) is 12.7 Å². The number of thiocarbonyl (C=S) groups is 1. The van der Waals surface area contributed by atoms with Crippen molar-refractivity contribution in [1.29, 1.82) is 0 Å². The molecule has 0 atom stereocenters. The van der Waals surface area contributed by atoms with Crippen LogP contribution in [0, 0.1) is 0 Å². The summed E-state index contributed by atoms with van der Waals surface area (Å²) in [6, 6.07) is 10.6. The highest BCUT2D eigenvalue weighted by Crippen LogP contribution is 2.24. The summed E-state index contributed by atoms with van der Waals surface area (Å²) in [5, 5.41) is 8.09. The zero-order chi connectivity index (χ0) is 20.5. The van der Waals surface area contributed by atoms with Crippen molar-refractivity contribution >= 4 is 75.6 Å². The largest absolute Gasteiger partial charge is 0.462 e. The van der Waals surface area contributed by atoms with Crippen molar-refractivity contribution in [1.82, 2.24) is 5.32 Å². The van der Waals surface area contributed by atoms with E-state index in [0.29, 0.717) is 38.0 Å². The summed E-state index contributed by atoms with van der Waals surface area (Å²) in [5.74, 6) is 1.23. The number of carbonyl (C=O) groups excluding carboxylic acids is 1. The lowest BCUT2D eigenvalue weighted by atomic mass is 10.2. The van der Waals surface area contributed by atoms with Crippen molar-refractivity contribution in [2.24, 2.45) is 0 Å². The Morgan fingerprint density at radius 2 is 1.86 bits per heavy atom. The van der Waals surface area contributed by atoms with E-state index in [1.807, 2.05) is 12.1 Å². The molecule has 2 aromatic carbocycles. The third-order valence-electron chi connectivity index (χ3n) is 3.50. The second-order valence-corrected chi connectivity index (χ2v) is 8.33. The minimum absolute atomic E-state index is 0.284. The first-order chi connectivity index (χ1) is 13.4. The minimum atomic E-state index is -0.464. The summed E-state index contributed by atoms with van der Waals surface area (Å²) < 4.78 is 4.99. The number of ether oxygens (including phenoxy) is 1. The van der Waals surface area contributed by atoms with E-state index in [4.69, 9.17) is 51.8 Å². The third-order valence-corrected chi connectivity index (χ3v) is 5.85. The van der Waals surface area contributed by atoms with Gasteiger partial charge in [0.2, 0.25) is 0 Å². The lowest BCUT2D eigenvalue weighted by Crippen LogP contribution is -2.30. The molecule has 0 radical (unpaired) electrons. The molecule has 0 aliphatic heterocycles. The van der Waals surface area contributed by atoms with Crippen LogP contribution in [-0.2, 0) is 10.5 Å². The fourth-order valence-corrected chi connectivity index (χ4v) is 3.74. The van der Waals surface area contributed by atoms with Gasteiger partial charge in [-0.1, -0.05) is 40.9 Å². The van der Waals surface area contributed by atoms with Crippen LogP contribution in [0.2, 0.25) is 15.1 Å². The molecule has 4 nitrogen and oxygen atoms in total. The molecule has 0 spiro atoms. The monoisotopic (exact) mass is 476 g/mol. The summed E-state index contributed by atoms with van der Waals surface area (Å²) in [5.41, 5.74) is 2.08. The van der Waals surface area contributed by atoms with Gasteiger partial charge in [-0.2, -0.15) is 11.8 Å². The number of esters is 1. The Hall–Kier alpha value is -1.18. The van der Waals surface area contributed by atoms with Gasteiger partial charge in [-0.15, -0.1) is 0 Å². The van der Waals surface area contributed by atoms with Crippen LogP contribution in [0.4, 0.5) is 5.69 Å². The van der Waals surface area contributed by atoms with Crippen LogP contribution in [0.5, 0.6) is 0 Å². The first kappa shape index (κ1) is 23.1. The van der Waals surface area contributed by atoms with Gasteiger partial charge in [0, 0.05) is 23.7 Å². The summed E-state index contributed by atoms with van der Waals surface area (Å²) in [7, 11) is 0. The Kier molecular flexibility index (Phi) is 9.68. The smallest absolute Gasteiger partial charge is 0.339 e. The number of benzene rings is 2. The van der Waals surface area contributed by atoms with Crippen LogP contribution in [-0.4, -0.2) is 30.0 Å². The Bertz CT molecular complexity index is 850. The summed E-state index contributed by atoms with van der Waals surface area (Å²) in [4.78, 5) is 11.9. The molecular formula is C19H19Cl3N2O2S2. The molecular weight excluding hydrogens is 459 g/mol. The Balaban J connectivity index is 1.75. The van der Waals surface area contributed by atoms with E-state index in [-0.39, 0.29) is 6.61 Å². The van der Waals surface area contributed by atoms with E-state index < -0.39 is 5.97 Å². The van der Waals surface area contributed by atoms with E-state index in [9.17, 15) is 4.79 Å². The molecule has 0 aliphatic rings. The second-order valence-electron chi connectivity index (χ2n) is 5.60. The average Bonchev–Trinajstić information content (AvgIpc) is 2.66. The number of hydrogen-bond donors (Lipinski definition) is 2.